The highest BCUT2D eigenvalue weighted by Gasteiger charge is 2.43. The van der Waals surface area contributed by atoms with Crippen molar-refractivity contribution in [1.82, 2.24) is 10.6 Å². The molecular formula is C22H19Cl2F2N3O3. The van der Waals surface area contributed by atoms with Gasteiger partial charge in [-0.05, 0) is 36.2 Å². The molecule has 2 aliphatic heterocycles. The van der Waals surface area contributed by atoms with Crippen LogP contribution in [0.2, 0.25) is 10.0 Å². The second-order valence-corrected chi connectivity index (χ2v) is 8.71. The van der Waals surface area contributed by atoms with E-state index in [1.165, 1.54) is 12.1 Å². The number of amides is 3. The Balaban J connectivity index is 1.36. The second kappa shape index (κ2) is 8.67. The fourth-order valence-electron chi connectivity index (χ4n) is 3.83. The highest BCUT2D eigenvalue weighted by molar-refractivity contribution is 6.32. The second-order valence-electron chi connectivity index (χ2n) is 7.87. The smallest absolute Gasteiger partial charge is 0.349 e. The minimum atomic E-state index is -3.67. The molecule has 2 aromatic carbocycles. The minimum absolute atomic E-state index is 0.253. The number of piperidine rings is 1. The Bertz CT molecular complexity index is 1070. The number of halogens is 4. The summed E-state index contributed by atoms with van der Waals surface area (Å²) >= 11 is 12.1. The van der Waals surface area contributed by atoms with E-state index in [4.69, 9.17) is 23.2 Å². The van der Waals surface area contributed by atoms with E-state index in [1.54, 1.807) is 18.2 Å². The molecule has 4 rings (SSSR count). The zero-order chi connectivity index (χ0) is 23.0. The van der Waals surface area contributed by atoms with Crippen molar-refractivity contribution in [3.63, 3.8) is 0 Å². The van der Waals surface area contributed by atoms with Crippen LogP contribution in [-0.2, 0) is 20.3 Å². The van der Waals surface area contributed by atoms with Crippen LogP contribution in [0.25, 0.3) is 0 Å². The summed E-state index contributed by atoms with van der Waals surface area (Å²) < 4.78 is 28.8. The van der Waals surface area contributed by atoms with Crippen molar-refractivity contribution in [2.75, 3.05) is 18.0 Å². The summed E-state index contributed by atoms with van der Waals surface area (Å²) in [5.74, 6) is -6.19. The number of carbonyl (C=O) groups is 3. The van der Waals surface area contributed by atoms with Crippen LogP contribution in [-0.4, -0.2) is 36.9 Å². The number of benzene rings is 2. The molecule has 0 aliphatic carbocycles. The molecular weight excluding hydrogens is 463 g/mol. The summed E-state index contributed by atoms with van der Waals surface area (Å²) in [6.45, 7) is 0.688. The van der Waals surface area contributed by atoms with Crippen molar-refractivity contribution >= 4 is 46.6 Å². The van der Waals surface area contributed by atoms with Crippen molar-refractivity contribution < 1.29 is 23.2 Å². The predicted molar refractivity (Wildman–Crippen MR) is 116 cm³/mol. The predicted octanol–water partition coefficient (Wildman–Crippen LogP) is 3.61. The lowest BCUT2D eigenvalue weighted by Gasteiger charge is -2.42. The topological polar surface area (TPSA) is 78.5 Å². The Kier molecular flexibility index (Phi) is 6.09. The van der Waals surface area contributed by atoms with E-state index < -0.39 is 29.4 Å². The fraction of sp³-hybridized carbons (Fsp3) is 0.318. The lowest BCUT2D eigenvalue weighted by molar-refractivity contribution is -0.148. The molecule has 1 atom stereocenters. The summed E-state index contributed by atoms with van der Waals surface area (Å²) in [4.78, 5) is 37.4. The Labute approximate surface area is 192 Å². The molecule has 10 heteroatoms. The SMILES string of the molecule is O=C1CCC(c2ccc(N3CC(NC(=O)C(F)(F)c4ccc(Cl)cc4)C3)cc2Cl)C(=O)N1. The van der Waals surface area contributed by atoms with Crippen LogP contribution >= 0.6 is 23.2 Å². The van der Waals surface area contributed by atoms with Crippen molar-refractivity contribution in [3.05, 3.63) is 63.6 Å². The lowest BCUT2D eigenvalue weighted by atomic mass is 9.90. The van der Waals surface area contributed by atoms with Crippen molar-refractivity contribution in [2.24, 2.45) is 0 Å². The number of rotatable bonds is 5. The van der Waals surface area contributed by atoms with E-state index in [0.717, 1.165) is 17.8 Å². The number of nitrogens with zero attached hydrogens (tertiary/aromatic N) is 1. The van der Waals surface area contributed by atoms with Gasteiger partial charge >= 0.3 is 5.92 Å². The van der Waals surface area contributed by atoms with Gasteiger partial charge in [0.25, 0.3) is 5.91 Å². The summed E-state index contributed by atoms with van der Waals surface area (Å²) in [5.41, 5.74) is 0.959. The van der Waals surface area contributed by atoms with Gasteiger partial charge in [0.2, 0.25) is 11.8 Å². The first kappa shape index (κ1) is 22.5. The van der Waals surface area contributed by atoms with Gasteiger partial charge in [-0.15, -0.1) is 0 Å². The third-order valence-electron chi connectivity index (χ3n) is 5.67. The van der Waals surface area contributed by atoms with Crippen LogP contribution in [0.3, 0.4) is 0 Å². The van der Waals surface area contributed by atoms with Gasteiger partial charge in [-0.3, -0.25) is 19.7 Å². The van der Waals surface area contributed by atoms with Crippen LogP contribution < -0.4 is 15.5 Å². The molecule has 6 nitrogen and oxygen atoms in total. The standard InChI is InChI=1S/C22H19Cl2F2N3O3/c23-13-3-1-12(2-4-13)22(25,26)21(32)27-14-10-29(11-14)15-5-6-16(18(24)9-15)17-7-8-19(30)28-20(17)31/h1-6,9,14,17H,7-8,10-11H2,(H,27,32)(H,28,30,31). The van der Waals surface area contributed by atoms with Crippen LogP contribution in [0.4, 0.5) is 14.5 Å². The zero-order valence-corrected chi connectivity index (χ0v) is 18.2. The Hall–Kier alpha value is -2.71. The molecule has 0 aromatic heterocycles. The normalized spacial score (nSPS) is 19.4. The quantitative estimate of drug-likeness (QED) is 0.639. The molecule has 2 aromatic rings. The van der Waals surface area contributed by atoms with Crippen molar-refractivity contribution in [1.29, 1.82) is 0 Å². The van der Waals surface area contributed by atoms with E-state index in [0.29, 0.717) is 35.1 Å². The van der Waals surface area contributed by atoms with Gasteiger partial charge < -0.3 is 10.2 Å². The van der Waals surface area contributed by atoms with Gasteiger partial charge in [0.05, 0.1) is 12.0 Å². The first-order valence-electron chi connectivity index (χ1n) is 9.98. The van der Waals surface area contributed by atoms with Crippen LogP contribution in [0.5, 0.6) is 0 Å². The first-order chi connectivity index (χ1) is 15.1. The van der Waals surface area contributed by atoms with Crippen LogP contribution in [0.15, 0.2) is 42.5 Å². The molecule has 0 spiro atoms. The van der Waals surface area contributed by atoms with Crippen molar-refractivity contribution in [2.45, 2.75) is 30.7 Å². The van der Waals surface area contributed by atoms with Gasteiger partial charge in [0.15, 0.2) is 0 Å². The first-order valence-corrected chi connectivity index (χ1v) is 10.7. The highest BCUT2D eigenvalue weighted by Crippen LogP contribution is 2.35. The van der Waals surface area contributed by atoms with Crippen LogP contribution in [0.1, 0.15) is 29.9 Å². The Morgan fingerprint density at radius 3 is 2.41 bits per heavy atom. The molecule has 0 saturated carbocycles. The summed E-state index contributed by atoms with van der Waals surface area (Å²) in [7, 11) is 0. The van der Waals surface area contributed by atoms with E-state index >= 15 is 0 Å². The molecule has 2 aliphatic rings. The fourth-order valence-corrected chi connectivity index (χ4v) is 4.27. The molecule has 3 amide bonds. The van der Waals surface area contributed by atoms with Gasteiger partial charge in [0, 0.05) is 40.8 Å². The van der Waals surface area contributed by atoms with Gasteiger partial charge in [-0.1, -0.05) is 41.4 Å². The number of alkyl halides is 2. The summed E-state index contributed by atoms with van der Waals surface area (Å²) in [6, 6.07) is 9.65. The molecule has 0 bridgehead atoms. The number of imide groups is 1. The largest absolute Gasteiger partial charge is 0.367 e. The Morgan fingerprint density at radius 2 is 1.78 bits per heavy atom. The van der Waals surface area contributed by atoms with E-state index in [2.05, 4.69) is 10.6 Å². The molecule has 168 valence electrons. The molecule has 2 fully saturated rings. The molecule has 2 N–H and O–H groups in total. The maximum absolute atomic E-state index is 14.4. The third-order valence-corrected chi connectivity index (χ3v) is 6.25. The van der Waals surface area contributed by atoms with Gasteiger partial charge in [-0.25, -0.2) is 0 Å². The molecule has 1 unspecified atom stereocenters. The number of nitrogens with one attached hydrogen (secondary N) is 2. The maximum atomic E-state index is 14.4. The molecule has 2 heterocycles. The number of hydrogen-bond donors (Lipinski definition) is 2. The van der Waals surface area contributed by atoms with E-state index in [1.807, 2.05) is 4.90 Å². The van der Waals surface area contributed by atoms with Gasteiger partial charge in [-0.2, -0.15) is 8.78 Å². The van der Waals surface area contributed by atoms with E-state index in [9.17, 15) is 23.2 Å². The molecule has 0 radical (unpaired) electrons. The summed E-state index contributed by atoms with van der Waals surface area (Å²) in [5, 5.41) is 5.38. The molecule has 32 heavy (non-hydrogen) atoms. The van der Waals surface area contributed by atoms with E-state index in [-0.39, 0.29) is 18.2 Å². The average Bonchev–Trinajstić information content (AvgIpc) is 2.71. The number of anilines is 1. The number of carbonyl (C=O) groups excluding carboxylic acids is 3. The van der Waals surface area contributed by atoms with Crippen molar-refractivity contribution in [3.8, 4) is 0 Å². The summed E-state index contributed by atoms with van der Waals surface area (Å²) in [6.07, 6.45) is 0.645. The molecule has 2 saturated heterocycles. The monoisotopic (exact) mass is 481 g/mol. The maximum Gasteiger partial charge on any atom is 0.349 e. The Morgan fingerprint density at radius 1 is 1.09 bits per heavy atom. The number of hydrogen-bond acceptors (Lipinski definition) is 4. The lowest BCUT2D eigenvalue weighted by Crippen LogP contribution is -2.61. The van der Waals surface area contributed by atoms with Gasteiger partial charge in [0.1, 0.15) is 0 Å². The highest BCUT2D eigenvalue weighted by atomic mass is 35.5. The zero-order valence-electron chi connectivity index (χ0n) is 16.7. The minimum Gasteiger partial charge on any atom is -0.367 e. The van der Waals surface area contributed by atoms with Crippen LogP contribution in [0, 0.1) is 0 Å². The average molecular weight is 482 g/mol. The third kappa shape index (κ3) is 4.42.